The number of nitrogens with two attached hydrogens (primary N) is 1. The molecule has 0 atom stereocenters. The standard InChI is InChI=1S/C10H19N5/c1-9(2)7-14(3)4-5-15-8-10(6-11)12-13-15/h8H,1,4-7,11H2,2-3H3. The van der Waals surface area contributed by atoms with Gasteiger partial charge in [0.25, 0.3) is 0 Å². The Kier molecular flexibility index (Phi) is 4.45. The summed E-state index contributed by atoms with van der Waals surface area (Å²) in [6.07, 6.45) is 1.88. The van der Waals surface area contributed by atoms with Crippen LogP contribution in [0.5, 0.6) is 0 Å². The predicted octanol–water partition coefficient (Wildman–Crippen LogP) is 0.245. The summed E-state index contributed by atoms with van der Waals surface area (Å²) in [4.78, 5) is 2.20. The van der Waals surface area contributed by atoms with Crippen molar-refractivity contribution in [2.24, 2.45) is 5.73 Å². The summed E-state index contributed by atoms with van der Waals surface area (Å²) in [6.45, 7) is 9.02. The highest BCUT2D eigenvalue weighted by Crippen LogP contribution is 1.95. The maximum atomic E-state index is 5.45. The van der Waals surface area contributed by atoms with Gasteiger partial charge in [-0.25, -0.2) is 0 Å². The summed E-state index contributed by atoms with van der Waals surface area (Å²) >= 11 is 0. The van der Waals surface area contributed by atoms with Crippen molar-refractivity contribution in [1.29, 1.82) is 0 Å². The molecule has 1 rings (SSSR count). The number of nitrogens with zero attached hydrogens (tertiary/aromatic N) is 4. The molecule has 0 spiro atoms. The van der Waals surface area contributed by atoms with Gasteiger partial charge < -0.3 is 10.6 Å². The highest BCUT2D eigenvalue weighted by Gasteiger charge is 2.01. The van der Waals surface area contributed by atoms with Gasteiger partial charge in [0.2, 0.25) is 0 Å². The summed E-state index contributed by atoms with van der Waals surface area (Å²) in [5.74, 6) is 0. The van der Waals surface area contributed by atoms with E-state index in [0.29, 0.717) is 6.54 Å². The second-order valence-electron chi connectivity index (χ2n) is 3.87. The van der Waals surface area contributed by atoms with E-state index in [1.165, 1.54) is 5.57 Å². The molecule has 0 saturated carbocycles. The van der Waals surface area contributed by atoms with Crippen molar-refractivity contribution in [2.45, 2.75) is 20.0 Å². The largest absolute Gasteiger partial charge is 0.325 e. The van der Waals surface area contributed by atoms with Gasteiger partial charge >= 0.3 is 0 Å². The fourth-order valence-electron chi connectivity index (χ4n) is 1.35. The van der Waals surface area contributed by atoms with Crippen LogP contribution in [-0.4, -0.2) is 40.0 Å². The smallest absolute Gasteiger partial charge is 0.0962 e. The van der Waals surface area contributed by atoms with Crippen LogP contribution in [0.3, 0.4) is 0 Å². The van der Waals surface area contributed by atoms with Crippen molar-refractivity contribution in [3.05, 3.63) is 24.0 Å². The van der Waals surface area contributed by atoms with Gasteiger partial charge in [-0.3, -0.25) is 4.68 Å². The molecule has 0 radical (unpaired) electrons. The molecule has 0 fully saturated rings. The van der Waals surface area contributed by atoms with E-state index in [1.54, 1.807) is 0 Å². The average molecular weight is 209 g/mol. The molecular formula is C10H19N5. The van der Waals surface area contributed by atoms with E-state index in [1.807, 2.05) is 17.8 Å². The maximum Gasteiger partial charge on any atom is 0.0962 e. The Labute approximate surface area is 90.6 Å². The van der Waals surface area contributed by atoms with Gasteiger partial charge in [0.15, 0.2) is 0 Å². The highest BCUT2D eigenvalue weighted by molar-refractivity contribution is 4.92. The lowest BCUT2D eigenvalue weighted by molar-refractivity contribution is 0.334. The zero-order chi connectivity index (χ0) is 11.3. The van der Waals surface area contributed by atoms with Gasteiger partial charge in [-0.15, -0.1) is 5.10 Å². The Morgan fingerprint density at radius 3 is 2.93 bits per heavy atom. The number of likely N-dealkylation sites (N-methyl/N-ethyl adjacent to an activating group) is 1. The van der Waals surface area contributed by atoms with Gasteiger partial charge in [-0.2, -0.15) is 0 Å². The molecule has 1 aromatic heterocycles. The summed E-state index contributed by atoms with van der Waals surface area (Å²) in [5, 5.41) is 7.90. The molecule has 0 saturated heterocycles. The van der Waals surface area contributed by atoms with Gasteiger partial charge in [0.1, 0.15) is 0 Å². The number of hydrogen-bond acceptors (Lipinski definition) is 4. The van der Waals surface area contributed by atoms with E-state index in [9.17, 15) is 0 Å². The molecule has 84 valence electrons. The molecule has 0 aromatic carbocycles. The second-order valence-corrected chi connectivity index (χ2v) is 3.87. The molecule has 0 aliphatic rings. The summed E-state index contributed by atoms with van der Waals surface area (Å²) in [7, 11) is 2.06. The van der Waals surface area contributed by atoms with E-state index in [4.69, 9.17) is 5.73 Å². The monoisotopic (exact) mass is 209 g/mol. The number of rotatable bonds is 6. The predicted molar refractivity (Wildman–Crippen MR) is 60.2 cm³/mol. The van der Waals surface area contributed by atoms with Crippen LogP contribution >= 0.6 is 0 Å². The van der Waals surface area contributed by atoms with Gasteiger partial charge in [-0.1, -0.05) is 17.4 Å². The van der Waals surface area contributed by atoms with Crippen molar-refractivity contribution in [1.82, 2.24) is 19.9 Å². The van der Waals surface area contributed by atoms with E-state index in [-0.39, 0.29) is 0 Å². The number of hydrogen-bond donors (Lipinski definition) is 1. The zero-order valence-corrected chi connectivity index (χ0v) is 9.48. The topological polar surface area (TPSA) is 60.0 Å². The molecule has 0 unspecified atom stereocenters. The molecular weight excluding hydrogens is 190 g/mol. The third-order valence-corrected chi connectivity index (χ3v) is 2.05. The molecule has 15 heavy (non-hydrogen) atoms. The van der Waals surface area contributed by atoms with Crippen molar-refractivity contribution in [3.8, 4) is 0 Å². The molecule has 0 aliphatic carbocycles. The Bertz CT molecular complexity index is 317. The normalized spacial score (nSPS) is 10.9. The van der Waals surface area contributed by atoms with Gasteiger partial charge in [0, 0.05) is 25.8 Å². The SMILES string of the molecule is C=C(C)CN(C)CCn1cc(CN)nn1. The van der Waals surface area contributed by atoms with E-state index in [0.717, 1.165) is 25.3 Å². The van der Waals surface area contributed by atoms with Crippen LogP contribution in [0.25, 0.3) is 0 Å². The van der Waals surface area contributed by atoms with Crippen molar-refractivity contribution in [3.63, 3.8) is 0 Å². The fourth-order valence-corrected chi connectivity index (χ4v) is 1.35. The van der Waals surface area contributed by atoms with E-state index >= 15 is 0 Å². The van der Waals surface area contributed by atoms with Crippen molar-refractivity contribution in [2.75, 3.05) is 20.1 Å². The van der Waals surface area contributed by atoms with Crippen LogP contribution in [0.15, 0.2) is 18.3 Å². The second kappa shape index (κ2) is 5.63. The first-order valence-corrected chi connectivity index (χ1v) is 5.04. The zero-order valence-electron chi connectivity index (χ0n) is 9.48. The quantitative estimate of drug-likeness (QED) is 0.682. The van der Waals surface area contributed by atoms with E-state index < -0.39 is 0 Å². The van der Waals surface area contributed by atoms with Gasteiger partial charge in [0.05, 0.1) is 12.2 Å². The first-order valence-electron chi connectivity index (χ1n) is 5.04. The summed E-state index contributed by atoms with van der Waals surface area (Å²) in [6, 6.07) is 0. The Morgan fingerprint density at radius 2 is 2.40 bits per heavy atom. The summed E-state index contributed by atoms with van der Waals surface area (Å²) < 4.78 is 1.82. The third kappa shape index (κ3) is 4.22. The summed E-state index contributed by atoms with van der Waals surface area (Å²) in [5.41, 5.74) is 7.44. The number of aromatic nitrogens is 3. The average Bonchev–Trinajstić information content (AvgIpc) is 2.61. The molecule has 1 heterocycles. The molecule has 5 heteroatoms. The van der Waals surface area contributed by atoms with Crippen LogP contribution in [0.1, 0.15) is 12.6 Å². The van der Waals surface area contributed by atoms with Gasteiger partial charge in [-0.05, 0) is 14.0 Å². The van der Waals surface area contributed by atoms with Crippen LogP contribution in [0.2, 0.25) is 0 Å². The molecule has 0 bridgehead atoms. The Balaban J connectivity index is 2.33. The Morgan fingerprint density at radius 1 is 1.67 bits per heavy atom. The van der Waals surface area contributed by atoms with Crippen LogP contribution in [-0.2, 0) is 13.1 Å². The Hall–Kier alpha value is -1.20. The van der Waals surface area contributed by atoms with Crippen molar-refractivity contribution >= 4 is 0 Å². The third-order valence-electron chi connectivity index (χ3n) is 2.05. The molecule has 5 nitrogen and oxygen atoms in total. The fraction of sp³-hybridized carbons (Fsp3) is 0.600. The molecule has 0 amide bonds. The lowest BCUT2D eigenvalue weighted by Crippen LogP contribution is -2.25. The van der Waals surface area contributed by atoms with Crippen molar-refractivity contribution < 1.29 is 0 Å². The lowest BCUT2D eigenvalue weighted by Gasteiger charge is -2.15. The van der Waals surface area contributed by atoms with Crippen LogP contribution in [0.4, 0.5) is 0 Å². The minimum Gasteiger partial charge on any atom is -0.325 e. The maximum absolute atomic E-state index is 5.45. The van der Waals surface area contributed by atoms with Crippen LogP contribution < -0.4 is 5.73 Å². The molecule has 0 aliphatic heterocycles. The first kappa shape index (κ1) is 11.9. The minimum atomic E-state index is 0.446. The van der Waals surface area contributed by atoms with E-state index in [2.05, 4.69) is 28.8 Å². The first-order chi connectivity index (χ1) is 7.11. The minimum absolute atomic E-state index is 0.446. The highest BCUT2D eigenvalue weighted by atomic mass is 15.4. The molecule has 1 aromatic rings. The lowest BCUT2D eigenvalue weighted by atomic mass is 10.3. The van der Waals surface area contributed by atoms with Crippen LogP contribution in [0, 0.1) is 0 Å². The molecule has 2 N–H and O–H groups in total.